The standard InChI is InChI=1S/C15H33N3/c1-5-16-15-10-7-9-14(15)13-18(6-2)12-8-11-17(3)4/h14-16H,5-13H2,1-4H3. The summed E-state index contributed by atoms with van der Waals surface area (Å²) in [5.41, 5.74) is 0. The summed E-state index contributed by atoms with van der Waals surface area (Å²) in [5.74, 6) is 0.879. The lowest BCUT2D eigenvalue weighted by molar-refractivity contribution is 0.213. The minimum atomic E-state index is 0.776. The molecule has 108 valence electrons. The minimum absolute atomic E-state index is 0.776. The van der Waals surface area contributed by atoms with Gasteiger partial charge in [-0.1, -0.05) is 20.3 Å². The molecule has 0 saturated heterocycles. The van der Waals surface area contributed by atoms with Crippen LogP contribution in [0.15, 0.2) is 0 Å². The molecule has 0 spiro atoms. The van der Waals surface area contributed by atoms with Crippen LogP contribution in [0.25, 0.3) is 0 Å². The summed E-state index contributed by atoms with van der Waals surface area (Å²) in [5, 5.41) is 3.66. The van der Waals surface area contributed by atoms with E-state index in [1.807, 2.05) is 0 Å². The molecule has 0 amide bonds. The first kappa shape index (κ1) is 15.9. The zero-order valence-electron chi connectivity index (χ0n) is 12.9. The van der Waals surface area contributed by atoms with Crippen molar-refractivity contribution in [2.24, 2.45) is 5.92 Å². The van der Waals surface area contributed by atoms with Gasteiger partial charge >= 0.3 is 0 Å². The minimum Gasteiger partial charge on any atom is -0.314 e. The molecule has 1 rings (SSSR count). The topological polar surface area (TPSA) is 18.5 Å². The van der Waals surface area contributed by atoms with Crippen LogP contribution in [0.2, 0.25) is 0 Å². The maximum atomic E-state index is 3.66. The van der Waals surface area contributed by atoms with Gasteiger partial charge in [-0.15, -0.1) is 0 Å². The van der Waals surface area contributed by atoms with Gasteiger partial charge in [-0.2, -0.15) is 0 Å². The molecule has 0 aromatic rings. The highest BCUT2D eigenvalue weighted by atomic mass is 15.1. The molecule has 0 radical (unpaired) electrons. The fourth-order valence-electron chi connectivity index (χ4n) is 3.11. The second kappa shape index (κ2) is 8.89. The maximum absolute atomic E-state index is 3.66. The highest BCUT2D eigenvalue weighted by Crippen LogP contribution is 2.26. The monoisotopic (exact) mass is 255 g/mol. The fourth-order valence-corrected chi connectivity index (χ4v) is 3.11. The van der Waals surface area contributed by atoms with Gasteiger partial charge in [-0.25, -0.2) is 0 Å². The second-order valence-electron chi connectivity index (χ2n) is 5.91. The third kappa shape index (κ3) is 5.68. The molecule has 0 heterocycles. The molecular weight excluding hydrogens is 222 g/mol. The number of rotatable bonds is 9. The van der Waals surface area contributed by atoms with Crippen molar-refractivity contribution in [3.63, 3.8) is 0 Å². The summed E-state index contributed by atoms with van der Waals surface area (Å²) in [6.45, 7) is 10.6. The first-order valence-electron chi connectivity index (χ1n) is 7.77. The lowest BCUT2D eigenvalue weighted by Crippen LogP contribution is -2.40. The van der Waals surface area contributed by atoms with E-state index in [2.05, 4.69) is 43.1 Å². The Balaban J connectivity index is 2.28. The van der Waals surface area contributed by atoms with Crippen LogP contribution < -0.4 is 5.32 Å². The van der Waals surface area contributed by atoms with E-state index in [9.17, 15) is 0 Å². The summed E-state index contributed by atoms with van der Waals surface area (Å²) < 4.78 is 0. The summed E-state index contributed by atoms with van der Waals surface area (Å²) in [4.78, 5) is 4.93. The Morgan fingerprint density at radius 3 is 2.50 bits per heavy atom. The van der Waals surface area contributed by atoms with E-state index in [0.29, 0.717) is 0 Å². The predicted molar refractivity (Wildman–Crippen MR) is 80.1 cm³/mol. The number of hydrogen-bond acceptors (Lipinski definition) is 3. The Hall–Kier alpha value is -0.120. The van der Waals surface area contributed by atoms with Crippen LogP contribution in [-0.2, 0) is 0 Å². The van der Waals surface area contributed by atoms with Crippen molar-refractivity contribution in [3.8, 4) is 0 Å². The average molecular weight is 255 g/mol. The summed E-state index contributed by atoms with van der Waals surface area (Å²) in [6.07, 6.45) is 5.51. The average Bonchev–Trinajstić information content (AvgIpc) is 2.75. The highest BCUT2D eigenvalue weighted by Gasteiger charge is 2.27. The highest BCUT2D eigenvalue weighted by molar-refractivity contribution is 4.84. The zero-order valence-corrected chi connectivity index (χ0v) is 12.9. The molecule has 2 atom stereocenters. The Morgan fingerprint density at radius 2 is 1.89 bits per heavy atom. The Morgan fingerprint density at radius 1 is 1.11 bits per heavy atom. The van der Waals surface area contributed by atoms with Crippen LogP contribution in [0, 0.1) is 5.92 Å². The van der Waals surface area contributed by atoms with Crippen molar-refractivity contribution < 1.29 is 0 Å². The lowest BCUT2D eigenvalue weighted by atomic mass is 10.0. The molecule has 3 heteroatoms. The van der Waals surface area contributed by atoms with Gasteiger partial charge in [0, 0.05) is 12.6 Å². The van der Waals surface area contributed by atoms with Crippen LogP contribution in [0.3, 0.4) is 0 Å². The van der Waals surface area contributed by atoms with Crippen molar-refractivity contribution in [3.05, 3.63) is 0 Å². The van der Waals surface area contributed by atoms with E-state index in [4.69, 9.17) is 0 Å². The van der Waals surface area contributed by atoms with E-state index in [1.54, 1.807) is 0 Å². The SMILES string of the molecule is CCNC1CCCC1CN(CC)CCCN(C)C. The quantitative estimate of drug-likeness (QED) is 0.680. The van der Waals surface area contributed by atoms with Gasteiger partial charge < -0.3 is 15.1 Å². The predicted octanol–water partition coefficient (Wildman–Crippen LogP) is 2.04. The van der Waals surface area contributed by atoms with Crippen molar-refractivity contribution in [1.82, 2.24) is 15.1 Å². The van der Waals surface area contributed by atoms with Crippen molar-refractivity contribution in [2.75, 3.05) is 46.8 Å². The molecule has 0 aromatic carbocycles. The number of nitrogens with one attached hydrogen (secondary N) is 1. The van der Waals surface area contributed by atoms with Gasteiger partial charge in [0.05, 0.1) is 0 Å². The molecule has 0 aromatic heterocycles. The molecule has 1 fully saturated rings. The van der Waals surface area contributed by atoms with E-state index in [-0.39, 0.29) is 0 Å². The van der Waals surface area contributed by atoms with Crippen molar-refractivity contribution >= 4 is 0 Å². The molecule has 18 heavy (non-hydrogen) atoms. The molecular formula is C15H33N3. The van der Waals surface area contributed by atoms with Crippen molar-refractivity contribution in [1.29, 1.82) is 0 Å². The molecule has 0 aliphatic heterocycles. The van der Waals surface area contributed by atoms with Gasteiger partial charge in [0.25, 0.3) is 0 Å². The summed E-state index contributed by atoms with van der Waals surface area (Å²) in [6, 6.07) is 0.776. The molecule has 0 bridgehead atoms. The van der Waals surface area contributed by atoms with Crippen LogP contribution in [-0.4, -0.2) is 62.7 Å². The lowest BCUT2D eigenvalue weighted by Gasteiger charge is -2.28. The summed E-state index contributed by atoms with van der Waals surface area (Å²) in [7, 11) is 4.32. The second-order valence-corrected chi connectivity index (χ2v) is 5.91. The molecule has 1 N–H and O–H groups in total. The van der Waals surface area contributed by atoms with E-state index in [0.717, 1.165) is 18.5 Å². The first-order valence-corrected chi connectivity index (χ1v) is 7.77. The van der Waals surface area contributed by atoms with Crippen LogP contribution in [0.1, 0.15) is 39.5 Å². The van der Waals surface area contributed by atoms with E-state index >= 15 is 0 Å². The molecule has 1 aliphatic rings. The molecule has 1 saturated carbocycles. The smallest absolute Gasteiger partial charge is 0.0107 e. The van der Waals surface area contributed by atoms with Gasteiger partial charge in [0.1, 0.15) is 0 Å². The zero-order chi connectivity index (χ0) is 13.4. The number of nitrogens with zero attached hydrogens (tertiary/aromatic N) is 2. The molecule has 3 nitrogen and oxygen atoms in total. The third-order valence-corrected chi connectivity index (χ3v) is 4.14. The Labute approximate surface area is 114 Å². The molecule has 1 aliphatic carbocycles. The van der Waals surface area contributed by atoms with Crippen LogP contribution in [0.4, 0.5) is 0 Å². The summed E-state index contributed by atoms with van der Waals surface area (Å²) >= 11 is 0. The van der Waals surface area contributed by atoms with E-state index < -0.39 is 0 Å². The van der Waals surface area contributed by atoms with Gasteiger partial charge in [-0.3, -0.25) is 0 Å². The van der Waals surface area contributed by atoms with Gasteiger partial charge in [0.15, 0.2) is 0 Å². The van der Waals surface area contributed by atoms with Gasteiger partial charge in [-0.05, 0) is 65.5 Å². The van der Waals surface area contributed by atoms with Crippen LogP contribution in [0.5, 0.6) is 0 Å². The maximum Gasteiger partial charge on any atom is 0.0107 e. The number of hydrogen-bond donors (Lipinski definition) is 1. The first-order chi connectivity index (χ1) is 8.67. The normalized spacial score (nSPS) is 24.3. The Bertz CT molecular complexity index is 206. The van der Waals surface area contributed by atoms with Crippen molar-refractivity contribution in [2.45, 2.75) is 45.6 Å². The van der Waals surface area contributed by atoms with E-state index in [1.165, 1.54) is 51.9 Å². The van der Waals surface area contributed by atoms with Gasteiger partial charge in [0.2, 0.25) is 0 Å². The fraction of sp³-hybridized carbons (Fsp3) is 1.00. The molecule has 2 unspecified atom stereocenters. The largest absolute Gasteiger partial charge is 0.314 e. The Kier molecular flexibility index (Phi) is 7.87. The van der Waals surface area contributed by atoms with Crippen LogP contribution >= 0.6 is 0 Å². The third-order valence-electron chi connectivity index (χ3n) is 4.14.